The number of ether oxygens (including phenoxy) is 6. The minimum absolute atomic E-state index is 0.0184. The molecule has 14 heteroatoms. The molecule has 5 aromatic rings. The molecule has 0 fully saturated rings. The highest BCUT2D eigenvalue weighted by Gasteiger charge is 2.34. The van der Waals surface area contributed by atoms with Crippen molar-refractivity contribution in [3.05, 3.63) is 44.4 Å². The molecule has 2 heterocycles. The molecule has 0 saturated heterocycles. The van der Waals surface area contributed by atoms with Crippen molar-refractivity contribution in [2.75, 3.05) is 0 Å². The Labute approximate surface area is 228 Å². The summed E-state index contributed by atoms with van der Waals surface area (Å²) < 4.78 is 29.8. The van der Waals surface area contributed by atoms with Crippen molar-refractivity contribution in [1.29, 1.82) is 0 Å². The van der Waals surface area contributed by atoms with Gasteiger partial charge in [0.05, 0.1) is 20.8 Å². The second-order valence-electron chi connectivity index (χ2n) is 8.00. The smallest absolute Gasteiger partial charge is 0.394 e. The first kappa shape index (κ1) is 23.2. The van der Waals surface area contributed by atoms with E-state index < -0.39 is 24.6 Å². The molecule has 5 aromatic carbocycles. The van der Waals surface area contributed by atoms with E-state index in [0.29, 0.717) is 32.3 Å². The topological polar surface area (TPSA) is 124 Å². The lowest BCUT2D eigenvalue weighted by molar-refractivity contribution is 0.0858. The van der Waals surface area contributed by atoms with Gasteiger partial charge in [0, 0.05) is 21.5 Å². The van der Waals surface area contributed by atoms with Gasteiger partial charge in [-0.3, -0.25) is 0 Å². The number of halogens is 4. The van der Waals surface area contributed by atoms with Crippen LogP contribution >= 0.6 is 46.4 Å². The van der Waals surface area contributed by atoms with Crippen LogP contribution in [0, 0.1) is 0 Å². The van der Waals surface area contributed by atoms with Crippen molar-refractivity contribution in [1.82, 2.24) is 0 Å². The fourth-order valence-electron chi connectivity index (χ4n) is 4.85. The van der Waals surface area contributed by atoms with Crippen molar-refractivity contribution in [3.8, 4) is 23.0 Å². The number of carbonyl (C=O) groups is 4. The average Bonchev–Trinajstić information content (AvgIpc) is 2.84. The van der Waals surface area contributed by atoms with Crippen molar-refractivity contribution in [3.63, 3.8) is 0 Å². The molecule has 0 aromatic heterocycles. The maximum absolute atomic E-state index is 12.1. The largest absolute Gasteiger partial charge is 0.524 e. The van der Waals surface area contributed by atoms with Crippen molar-refractivity contribution >= 4 is 114 Å². The van der Waals surface area contributed by atoms with Gasteiger partial charge >= 0.3 is 24.6 Å². The highest BCUT2D eigenvalue weighted by atomic mass is 35.5. The van der Waals surface area contributed by atoms with Crippen LogP contribution in [0.1, 0.15) is 0 Å². The molecule has 10 nitrogen and oxygen atoms in total. The lowest BCUT2D eigenvalue weighted by atomic mass is 9.88. The predicted octanol–water partition coefficient (Wildman–Crippen LogP) is 8.41. The SMILES string of the molecule is O=C1OC(=O)Oc2ccc3c4c(Cl)c(Cl)c5c6c(c(Cl)c(Cl)c(c7ccc(c2c73)O1)c64)OC(=O)OC(=O)O5. The van der Waals surface area contributed by atoms with Crippen LogP contribution in [0.15, 0.2) is 24.3 Å². The Balaban J connectivity index is 1.79. The Hall–Kier alpha value is -3.96. The zero-order valence-electron chi connectivity index (χ0n) is 17.9. The van der Waals surface area contributed by atoms with E-state index in [1.165, 1.54) is 12.1 Å². The van der Waals surface area contributed by atoms with Gasteiger partial charge in [0.25, 0.3) is 0 Å². The van der Waals surface area contributed by atoms with Gasteiger partial charge in [0.1, 0.15) is 21.5 Å². The van der Waals surface area contributed by atoms with Crippen molar-refractivity contribution in [2.45, 2.75) is 0 Å². The molecule has 0 saturated carbocycles. The molecular formula is C24H4Cl4O10. The molecule has 2 aliphatic rings. The van der Waals surface area contributed by atoms with Crippen molar-refractivity contribution < 1.29 is 47.6 Å². The summed E-state index contributed by atoms with van der Waals surface area (Å²) in [5, 5.41) is 1.88. The fraction of sp³-hybridized carbons (Fsp3) is 0. The van der Waals surface area contributed by atoms with Crippen LogP contribution in [-0.4, -0.2) is 24.6 Å². The van der Waals surface area contributed by atoms with E-state index in [9.17, 15) is 19.2 Å². The van der Waals surface area contributed by atoms with E-state index in [1.807, 2.05) is 0 Å². The molecule has 0 aliphatic carbocycles. The molecule has 2 aliphatic heterocycles. The number of hydrogen-bond donors (Lipinski definition) is 0. The zero-order valence-corrected chi connectivity index (χ0v) is 20.9. The van der Waals surface area contributed by atoms with Gasteiger partial charge in [0.2, 0.25) is 0 Å². The Kier molecular flexibility index (Phi) is 4.74. The molecule has 0 bridgehead atoms. The summed E-state index contributed by atoms with van der Waals surface area (Å²) in [4.78, 5) is 48.3. The van der Waals surface area contributed by atoms with Gasteiger partial charge in [-0.2, -0.15) is 0 Å². The molecule has 0 N–H and O–H groups in total. The number of hydrogen-bond acceptors (Lipinski definition) is 10. The van der Waals surface area contributed by atoms with Gasteiger partial charge in [-0.1, -0.05) is 46.4 Å². The zero-order chi connectivity index (χ0) is 26.6. The van der Waals surface area contributed by atoms with Crippen LogP contribution in [0.4, 0.5) is 19.2 Å². The first-order valence-corrected chi connectivity index (χ1v) is 11.9. The van der Waals surface area contributed by atoms with Crippen LogP contribution in [0.2, 0.25) is 20.1 Å². The lowest BCUT2D eigenvalue weighted by Crippen LogP contribution is -2.22. The van der Waals surface area contributed by atoms with Crippen LogP contribution in [0.25, 0.3) is 43.1 Å². The van der Waals surface area contributed by atoms with Gasteiger partial charge in [-0.05, 0) is 35.0 Å². The molecule has 188 valence electrons. The third-order valence-electron chi connectivity index (χ3n) is 6.14. The minimum Gasteiger partial charge on any atom is -0.394 e. The molecular weight excluding hydrogens is 590 g/mol. The standard InChI is InChI=1S/C24H4Cl4O10/c25-15-10-5-1-3-7-12-8(34-22(30)37-21(29)33-7)4-2-6(9(5)12)11-13(10)14-19(17(15)27)35-23(31)38-24(32)36-20(14)18(28)16(11)26/h1-4H. The van der Waals surface area contributed by atoms with E-state index in [0.717, 1.165) is 0 Å². The quantitative estimate of drug-likeness (QED) is 0.0568. The summed E-state index contributed by atoms with van der Waals surface area (Å²) in [6.07, 6.45) is -5.41. The van der Waals surface area contributed by atoms with E-state index in [-0.39, 0.29) is 53.9 Å². The van der Waals surface area contributed by atoms with Gasteiger partial charge in [0.15, 0.2) is 11.5 Å². The Morgan fingerprint density at radius 3 is 1.26 bits per heavy atom. The fourth-order valence-corrected chi connectivity index (χ4v) is 5.87. The molecule has 0 amide bonds. The second kappa shape index (κ2) is 7.78. The number of benzene rings is 5. The maximum Gasteiger partial charge on any atom is 0.524 e. The predicted molar refractivity (Wildman–Crippen MR) is 134 cm³/mol. The summed E-state index contributed by atoms with van der Waals surface area (Å²) in [6, 6.07) is 6.04. The van der Waals surface area contributed by atoms with E-state index in [4.69, 9.17) is 65.4 Å². The average molecular weight is 594 g/mol. The number of rotatable bonds is 0. The van der Waals surface area contributed by atoms with Crippen LogP contribution in [-0.2, 0) is 9.47 Å². The summed E-state index contributed by atoms with van der Waals surface area (Å²) in [6.45, 7) is 0. The number of fused-ring (bicyclic) bond motifs is 2. The molecule has 0 unspecified atom stereocenters. The van der Waals surface area contributed by atoms with E-state index >= 15 is 0 Å². The maximum atomic E-state index is 12.1. The summed E-state index contributed by atoms with van der Waals surface area (Å²) in [5.41, 5.74) is 0. The molecule has 38 heavy (non-hydrogen) atoms. The van der Waals surface area contributed by atoms with E-state index in [1.54, 1.807) is 12.1 Å². The minimum atomic E-state index is -1.41. The Bertz CT molecular complexity index is 1870. The first-order chi connectivity index (χ1) is 18.2. The first-order valence-electron chi connectivity index (χ1n) is 10.3. The summed E-state index contributed by atoms with van der Waals surface area (Å²) in [5.74, 6) is -0.509. The van der Waals surface area contributed by atoms with Gasteiger partial charge in [-0.15, -0.1) is 0 Å². The highest BCUT2D eigenvalue weighted by Crippen LogP contribution is 2.58. The monoisotopic (exact) mass is 592 g/mol. The molecule has 0 spiro atoms. The Morgan fingerprint density at radius 2 is 0.816 bits per heavy atom. The third-order valence-corrected chi connectivity index (χ3v) is 7.81. The third kappa shape index (κ3) is 2.96. The number of carbonyl (C=O) groups excluding carboxylic acids is 4. The molecule has 0 radical (unpaired) electrons. The lowest BCUT2D eigenvalue weighted by Gasteiger charge is -2.24. The van der Waals surface area contributed by atoms with E-state index in [2.05, 4.69) is 9.47 Å². The molecule has 0 atom stereocenters. The highest BCUT2D eigenvalue weighted by molar-refractivity contribution is 6.56. The van der Waals surface area contributed by atoms with Gasteiger partial charge in [-0.25, -0.2) is 19.2 Å². The molecule has 7 rings (SSSR count). The van der Waals surface area contributed by atoms with Crippen LogP contribution in [0.3, 0.4) is 0 Å². The summed E-state index contributed by atoms with van der Waals surface area (Å²) in [7, 11) is 0. The van der Waals surface area contributed by atoms with Crippen molar-refractivity contribution in [2.24, 2.45) is 0 Å². The Morgan fingerprint density at radius 1 is 0.395 bits per heavy atom. The van der Waals surface area contributed by atoms with Gasteiger partial charge < -0.3 is 28.4 Å². The normalized spacial score (nSPS) is 15.3. The van der Waals surface area contributed by atoms with Crippen LogP contribution in [0.5, 0.6) is 23.0 Å². The van der Waals surface area contributed by atoms with Crippen LogP contribution < -0.4 is 18.9 Å². The number of cyclic esters (lactones) is 4. The second-order valence-corrected chi connectivity index (χ2v) is 9.51. The summed E-state index contributed by atoms with van der Waals surface area (Å²) >= 11 is 26.6.